The molecule has 1 aromatic rings. The van der Waals surface area contributed by atoms with E-state index >= 15 is 0 Å². The molecule has 2 unspecified atom stereocenters. The average Bonchev–Trinajstić information content (AvgIpc) is 2.89. The zero-order valence-corrected chi connectivity index (χ0v) is 10.1. The van der Waals surface area contributed by atoms with Crippen molar-refractivity contribution >= 4 is 0 Å². The van der Waals surface area contributed by atoms with Crippen LogP contribution >= 0.6 is 0 Å². The first-order chi connectivity index (χ1) is 7.83. The minimum atomic E-state index is 0.811. The molecule has 3 heterocycles. The highest BCUT2D eigenvalue weighted by Gasteiger charge is 2.22. The molecule has 0 amide bonds. The molecule has 16 heavy (non-hydrogen) atoms. The first kappa shape index (κ1) is 10.3. The Balaban J connectivity index is 1.75. The number of imidazole rings is 1. The molecule has 3 heteroatoms. The second-order valence-corrected chi connectivity index (χ2v) is 5.48. The van der Waals surface area contributed by atoms with Crippen LogP contribution in [0.25, 0.3) is 0 Å². The molecule has 2 atom stereocenters. The number of nitrogens with one attached hydrogen (secondary N) is 1. The number of aromatic nitrogens is 2. The van der Waals surface area contributed by atoms with E-state index in [0.717, 1.165) is 11.8 Å². The molecule has 0 aromatic carbocycles. The summed E-state index contributed by atoms with van der Waals surface area (Å²) in [5.41, 5.74) is 1.46. The van der Waals surface area contributed by atoms with Gasteiger partial charge in [-0.05, 0) is 44.2 Å². The number of rotatable bonds is 2. The van der Waals surface area contributed by atoms with Gasteiger partial charge in [-0.25, -0.2) is 4.98 Å². The van der Waals surface area contributed by atoms with E-state index in [4.69, 9.17) is 0 Å². The number of hydrogen-bond acceptors (Lipinski definition) is 2. The number of nitrogens with zero attached hydrogens (tertiary/aromatic N) is 2. The Labute approximate surface area is 97.3 Å². The zero-order valence-electron chi connectivity index (χ0n) is 10.1. The van der Waals surface area contributed by atoms with Crippen molar-refractivity contribution < 1.29 is 0 Å². The molecule has 0 bridgehead atoms. The van der Waals surface area contributed by atoms with Crippen LogP contribution in [0.5, 0.6) is 0 Å². The van der Waals surface area contributed by atoms with E-state index in [0.29, 0.717) is 0 Å². The van der Waals surface area contributed by atoms with Gasteiger partial charge >= 0.3 is 0 Å². The van der Waals surface area contributed by atoms with Crippen LogP contribution in [0.3, 0.4) is 0 Å². The maximum absolute atomic E-state index is 4.63. The van der Waals surface area contributed by atoms with E-state index in [1.54, 1.807) is 0 Å². The molecule has 0 radical (unpaired) electrons. The van der Waals surface area contributed by atoms with Crippen LogP contribution < -0.4 is 5.32 Å². The maximum Gasteiger partial charge on any atom is 0.109 e. The minimum Gasteiger partial charge on any atom is -0.332 e. The highest BCUT2D eigenvalue weighted by molar-refractivity contribution is 5.09. The van der Waals surface area contributed by atoms with Crippen molar-refractivity contribution in [3.8, 4) is 0 Å². The first-order valence-electron chi connectivity index (χ1n) is 6.57. The van der Waals surface area contributed by atoms with E-state index in [1.807, 2.05) is 0 Å². The van der Waals surface area contributed by atoms with E-state index in [2.05, 4.69) is 28.0 Å². The summed E-state index contributed by atoms with van der Waals surface area (Å²) in [4.78, 5) is 4.63. The Morgan fingerprint density at radius 1 is 1.50 bits per heavy atom. The van der Waals surface area contributed by atoms with Gasteiger partial charge in [0.15, 0.2) is 0 Å². The molecule has 88 valence electrons. The van der Waals surface area contributed by atoms with Gasteiger partial charge in [-0.3, -0.25) is 0 Å². The number of fused-ring (bicyclic) bond motifs is 1. The zero-order chi connectivity index (χ0) is 11.0. The fourth-order valence-electron chi connectivity index (χ4n) is 3.01. The van der Waals surface area contributed by atoms with Crippen molar-refractivity contribution in [3.05, 3.63) is 17.7 Å². The molecule has 1 saturated heterocycles. The average molecular weight is 219 g/mol. The van der Waals surface area contributed by atoms with Crippen LogP contribution in [-0.2, 0) is 19.4 Å². The standard InChI is InChI=1S/C13H21N3/c1-10-3-5-16-12(6-10)9-15-13(16)7-11-2-4-14-8-11/h9-11,14H,2-8H2,1H3. The molecule has 0 aliphatic carbocycles. The lowest BCUT2D eigenvalue weighted by atomic mass is 9.98. The van der Waals surface area contributed by atoms with E-state index in [9.17, 15) is 0 Å². The summed E-state index contributed by atoms with van der Waals surface area (Å²) in [5, 5.41) is 3.43. The molecular formula is C13H21N3. The predicted octanol–water partition coefficient (Wildman–Crippen LogP) is 1.62. The third-order valence-corrected chi connectivity index (χ3v) is 4.06. The van der Waals surface area contributed by atoms with E-state index in [1.165, 1.54) is 56.8 Å². The van der Waals surface area contributed by atoms with E-state index < -0.39 is 0 Å². The fraction of sp³-hybridized carbons (Fsp3) is 0.769. The summed E-state index contributed by atoms with van der Waals surface area (Å²) in [6.07, 6.45) is 7.13. The highest BCUT2D eigenvalue weighted by atomic mass is 15.1. The Kier molecular flexibility index (Phi) is 2.72. The summed E-state index contributed by atoms with van der Waals surface area (Å²) in [6.45, 7) is 5.90. The van der Waals surface area contributed by atoms with Gasteiger partial charge in [0.25, 0.3) is 0 Å². The van der Waals surface area contributed by atoms with Crippen molar-refractivity contribution in [2.24, 2.45) is 11.8 Å². The predicted molar refractivity (Wildman–Crippen MR) is 64.4 cm³/mol. The van der Waals surface area contributed by atoms with Crippen LogP contribution in [0.15, 0.2) is 6.20 Å². The lowest BCUT2D eigenvalue weighted by Gasteiger charge is -2.22. The Morgan fingerprint density at radius 2 is 2.44 bits per heavy atom. The topological polar surface area (TPSA) is 29.9 Å². The number of hydrogen-bond donors (Lipinski definition) is 1. The van der Waals surface area contributed by atoms with Crippen molar-refractivity contribution in [2.45, 2.75) is 39.2 Å². The highest BCUT2D eigenvalue weighted by Crippen LogP contribution is 2.23. The van der Waals surface area contributed by atoms with Crippen LogP contribution in [-0.4, -0.2) is 22.6 Å². The van der Waals surface area contributed by atoms with Gasteiger partial charge in [0.05, 0.1) is 0 Å². The Hall–Kier alpha value is -0.830. The fourth-order valence-corrected chi connectivity index (χ4v) is 3.01. The molecular weight excluding hydrogens is 198 g/mol. The van der Waals surface area contributed by atoms with Gasteiger partial charge in [-0.15, -0.1) is 0 Å². The van der Waals surface area contributed by atoms with Crippen LogP contribution in [0.1, 0.15) is 31.3 Å². The SMILES string of the molecule is CC1CCn2c(cnc2CC2CCNC2)C1. The largest absolute Gasteiger partial charge is 0.332 e. The van der Waals surface area contributed by atoms with Gasteiger partial charge in [-0.1, -0.05) is 6.92 Å². The van der Waals surface area contributed by atoms with Crippen molar-refractivity contribution in [1.82, 2.24) is 14.9 Å². The molecule has 2 aliphatic heterocycles. The molecule has 1 fully saturated rings. The molecule has 2 aliphatic rings. The third-order valence-electron chi connectivity index (χ3n) is 4.06. The second kappa shape index (κ2) is 4.21. The molecule has 1 aromatic heterocycles. The van der Waals surface area contributed by atoms with Crippen molar-refractivity contribution in [2.75, 3.05) is 13.1 Å². The summed E-state index contributed by atoms with van der Waals surface area (Å²) in [5.74, 6) is 2.98. The van der Waals surface area contributed by atoms with Gasteiger partial charge in [0, 0.05) is 24.9 Å². The van der Waals surface area contributed by atoms with Gasteiger partial charge in [0.1, 0.15) is 5.82 Å². The quantitative estimate of drug-likeness (QED) is 0.819. The smallest absolute Gasteiger partial charge is 0.109 e. The van der Waals surface area contributed by atoms with Crippen LogP contribution in [0.4, 0.5) is 0 Å². The maximum atomic E-state index is 4.63. The van der Waals surface area contributed by atoms with Gasteiger partial charge < -0.3 is 9.88 Å². The second-order valence-electron chi connectivity index (χ2n) is 5.48. The Bertz CT molecular complexity index is 363. The lowest BCUT2D eigenvalue weighted by molar-refractivity contribution is 0.402. The van der Waals surface area contributed by atoms with E-state index in [-0.39, 0.29) is 0 Å². The van der Waals surface area contributed by atoms with Crippen molar-refractivity contribution in [1.29, 1.82) is 0 Å². The van der Waals surface area contributed by atoms with Gasteiger partial charge in [0.2, 0.25) is 0 Å². The molecule has 1 N–H and O–H groups in total. The van der Waals surface area contributed by atoms with Gasteiger partial charge in [-0.2, -0.15) is 0 Å². The Morgan fingerprint density at radius 3 is 3.25 bits per heavy atom. The molecule has 0 spiro atoms. The molecule has 3 nitrogen and oxygen atoms in total. The summed E-state index contributed by atoms with van der Waals surface area (Å²) in [6, 6.07) is 0. The molecule has 3 rings (SSSR count). The summed E-state index contributed by atoms with van der Waals surface area (Å²) >= 11 is 0. The normalized spacial score (nSPS) is 29.3. The third kappa shape index (κ3) is 1.88. The lowest BCUT2D eigenvalue weighted by Crippen LogP contribution is -2.20. The monoisotopic (exact) mass is 219 g/mol. The van der Waals surface area contributed by atoms with Crippen LogP contribution in [0, 0.1) is 11.8 Å². The molecule has 0 saturated carbocycles. The van der Waals surface area contributed by atoms with Crippen LogP contribution in [0.2, 0.25) is 0 Å². The summed E-state index contributed by atoms with van der Waals surface area (Å²) < 4.78 is 2.47. The summed E-state index contributed by atoms with van der Waals surface area (Å²) in [7, 11) is 0. The minimum absolute atomic E-state index is 0.811. The van der Waals surface area contributed by atoms with Crippen molar-refractivity contribution in [3.63, 3.8) is 0 Å². The first-order valence-corrected chi connectivity index (χ1v) is 6.57.